The van der Waals surface area contributed by atoms with Crippen LogP contribution < -0.4 is 16.6 Å². The van der Waals surface area contributed by atoms with Gasteiger partial charge in [-0.3, -0.25) is 19.5 Å². The Balaban J connectivity index is 1.76. The molecule has 1 aliphatic rings. The van der Waals surface area contributed by atoms with Crippen molar-refractivity contribution in [1.29, 1.82) is 0 Å². The number of hydrogen-bond donors (Lipinski definition) is 3. The molecular weight excluding hydrogens is 332 g/mol. The highest BCUT2D eigenvalue weighted by Gasteiger charge is 2.22. The maximum absolute atomic E-state index is 12.4. The molecule has 0 saturated carbocycles. The minimum Gasteiger partial charge on any atom is -0.350 e. The van der Waals surface area contributed by atoms with Crippen LogP contribution in [0.25, 0.3) is 0 Å². The fraction of sp³-hybridized carbons (Fsp3) is 0.421. The predicted molar refractivity (Wildman–Crippen MR) is 99.2 cm³/mol. The Bertz CT molecular complexity index is 836. The molecule has 7 heteroatoms. The standard InChI is InChI=1S/C19H24N4O3/c24-17(15-12-21-19(26)22-18(15)25)20-13-16(14-8-4-3-5-9-14)23-10-6-1-2-7-11-23/h3-5,8-9,12,16H,1-2,6-7,10-11,13H2,(H,20,24)(H2,21,22,25,26)/t16-/m1/s1. The van der Waals surface area contributed by atoms with Crippen LogP contribution in [0.4, 0.5) is 0 Å². The van der Waals surface area contributed by atoms with E-state index < -0.39 is 17.2 Å². The molecule has 3 rings (SSSR count). The van der Waals surface area contributed by atoms with Crippen LogP contribution in [0, 0.1) is 0 Å². The summed E-state index contributed by atoms with van der Waals surface area (Å²) >= 11 is 0. The van der Waals surface area contributed by atoms with Gasteiger partial charge in [0, 0.05) is 12.7 Å². The van der Waals surface area contributed by atoms with Crippen LogP contribution in [0.15, 0.2) is 46.1 Å². The van der Waals surface area contributed by atoms with Crippen molar-refractivity contribution in [3.05, 3.63) is 68.5 Å². The molecule has 1 aromatic carbocycles. The highest BCUT2D eigenvalue weighted by molar-refractivity contribution is 5.93. The van der Waals surface area contributed by atoms with E-state index in [0.717, 1.165) is 37.7 Å². The summed E-state index contributed by atoms with van der Waals surface area (Å²) in [4.78, 5) is 42.1. The first-order chi connectivity index (χ1) is 12.6. The predicted octanol–water partition coefficient (Wildman–Crippen LogP) is 1.41. The minimum atomic E-state index is -0.683. The fourth-order valence-electron chi connectivity index (χ4n) is 3.40. The Morgan fingerprint density at radius 2 is 1.77 bits per heavy atom. The number of likely N-dealkylation sites (tertiary alicyclic amines) is 1. The second kappa shape index (κ2) is 8.62. The molecule has 1 fully saturated rings. The van der Waals surface area contributed by atoms with Crippen LogP contribution in [0.3, 0.4) is 0 Å². The number of amides is 1. The lowest BCUT2D eigenvalue weighted by atomic mass is 10.0. The molecule has 1 saturated heterocycles. The van der Waals surface area contributed by atoms with Gasteiger partial charge >= 0.3 is 5.69 Å². The van der Waals surface area contributed by atoms with Crippen LogP contribution in [-0.4, -0.2) is 40.4 Å². The molecule has 138 valence electrons. The number of benzene rings is 1. The summed E-state index contributed by atoms with van der Waals surface area (Å²) in [5, 5.41) is 2.85. The van der Waals surface area contributed by atoms with Crippen molar-refractivity contribution in [3.8, 4) is 0 Å². The zero-order valence-corrected chi connectivity index (χ0v) is 14.7. The third-order valence-corrected chi connectivity index (χ3v) is 4.79. The van der Waals surface area contributed by atoms with Crippen LogP contribution in [0.2, 0.25) is 0 Å². The normalized spacial score (nSPS) is 16.6. The van der Waals surface area contributed by atoms with Gasteiger partial charge in [-0.2, -0.15) is 0 Å². The van der Waals surface area contributed by atoms with Gasteiger partial charge in [-0.25, -0.2) is 4.79 Å². The van der Waals surface area contributed by atoms with Crippen LogP contribution in [0.1, 0.15) is 47.6 Å². The van der Waals surface area contributed by atoms with Crippen molar-refractivity contribution in [1.82, 2.24) is 20.2 Å². The number of rotatable bonds is 5. The summed E-state index contributed by atoms with van der Waals surface area (Å²) in [6, 6.07) is 10.1. The average molecular weight is 356 g/mol. The van der Waals surface area contributed by atoms with Gasteiger partial charge in [-0.15, -0.1) is 0 Å². The molecule has 1 aliphatic heterocycles. The van der Waals surface area contributed by atoms with Gasteiger partial charge in [0.05, 0.1) is 6.04 Å². The number of nitrogens with one attached hydrogen (secondary N) is 3. The number of carbonyl (C=O) groups is 1. The van der Waals surface area contributed by atoms with E-state index in [1.165, 1.54) is 12.8 Å². The molecule has 0 unspecified atom stereocenters. The van der Waals surface area contributed by atoms with E-state index in [4.69, 9.17) is 0 Å². The summed E-state index contributed by atoms with van der Waals surface area (Å²) in [7, 11) is 0. The van der Waals surface area contributed by atoms with Gasteiger partial charge in [-0.05, 0) is 31.5 Å². The van der Waals surface area contributed by atoms with Gasteiger partial charge in [0.15, 0.2) is 0 Å². The summed E-state index contributed by atoms with van der Waals surface area (Å²) in [6.45, 7) is 2.39. The van der Waals surface area contributed by atoms with Gasteiger partial charge in [0.25, 0.3) is 11.5 Å². The fourth-order valence-corrected chi connectivity index (χ4v) is 3.40. The highest BCUT2D eigenvalue weighted by atomic mass is 16.2. The molecule has 1 aromatic heterocycles. The first-order valence-corrected chi connectivity index (χ1v) is 9.04. The summed E-state index contributed by atoms with van der Waals surface area (Å²) in [5.74, 6) is -0.488. The number of aromatic nitrogens is 2. The smallest absolute Gasteiger partial charge is 0.325 e. The third kappa shape index (κ3) is 4.49. The Morgan fingerprint density at radius 3 is 2.42 bits per heavy atom. The molecule has 2 aromatic rings. The Morgan fingerprint density at radius 1 is 1.08 bits per heavy atom. The number of carbonyl (C=O) groups excluding carboxylic acids is 1. The lowest BCUT2D eigenvalue weighted by Gasteiger charge is -2.31. The minimum absolute atomic E-state index is 0.0556. The number of nitrogens with zero attached hydrogens (tertiary/aromatic N) is 1. The van der Waals surface area contributed by atoms with Crippen molar-refractivity contribution in [3.63, 3.8) is 0 Å². The summed E-state index contributed by atoms with van der Waals surface area (Å²) in [6.07, 6.45) is 5.92. The van der Waals surface area contributed by atoms with E-state index in [-0.39, 0.29) is 11.6 Å². The summed E-state index contributed by atoms with van der Waals surface area (Å²) in [5.41, 5.74) is -0.257. The van der Waals surface area contributed by atoms with Gasteiger partial charge < -0.3 is 10.3 Å². The SMILES string of the molecule is O=C(NC[C@H](c1ccccc1)N1CCCCCC1)c1c[nH]c(=O)[nH]c1=O. The second-order valence-electron chi connectivity index (χ2n) is 6.57. The van der Waals surface area contributed by atoms with Crippen molar-refractivity contribution < 1.29 is 4.79 Å². The van der Waals surface area contributed by atoms with Gasteiger partial charge in [-0.1, -0.05) is 43.2 Å². The maximum Gasteiger partial charge on any atom is 0.325 e. The van der Waals surface area contributed by atoms with Gasteiger partial charge in [0.1, 0.15) is 5.56 Å². The molecule has 2 heterocycles. The van der Waals surface area contributed by atoms with Crippen molar-refractivity contribution >= 4 is 5.91 Å². The highest BCUT2D eigenvalue weighted by Crippen LogP contribution is 2.23. The molecular formula is C19H24N4O3. The lowest BCUT2D eigenvalue weighted by Crippen LogP contribution is -2.40. The van der Waals surface area contributed by atoms with Crippen LogP contribution in [-0.2, 0) is 0 Å². The van der Waals surface area contributed by atoms with E-state index in [1.54, 1.807) is 0 Å². The molecule has 3 N–H and O–H groups in total. The first kappa shape index (κ1) is 18.1. The number of H-pyrrole nitrogens is 2. The molecule has 0 aliphatic carbocycles. The Labute approximate surface area is 151 Å². The maximum atomic E-state index is 12.4. The zero-order chi connectivity index (χ0) is 18.4. The second-order valence-corrected chi connectivity index (χ2v) is 6.57. The van der Waals surface area contributed by atoms with E-state index in [9.17, 15) is 14.4 Å². The molecule has 0 bridgehead atoms. The van der Waals surface area contributed by atoms with Gasteiger partial charge in [0.2, 0.25) is 0 Å². The quantitative estimate of drug-likeness (QED) is 0.754. The third-order valence-electron chi connectivity index (χ3n) is 4.79. The van der Waals surface area contributed by atoms with E-state index in [0.29, 0.717) is 6.54 Å². The largest absolute Gasteiger partial charge is 0.350 e. The summed E-state index contributed by atoms with van der Waals surface area (Å²) < 4.78 is 0. The molecule has 0 spiro atoms. The van der Waals surface area contributed by atoms with Crippen LogP contribution in [0.5, 0.6) is 0 Å². The first-order valence-electron chi connectivity index (χ1n) is 9.04. The van der Waals surface area contributed by atoms with E-state index in [1.807, 2.05) is 18.2 Å². The Hall–Kier alpha value is -2.67. The van der Waals surface area contributed by atoms with Crippen molar-refractivity contribution in [2.45, 2.75) is 31.7 Å². The molecule has 26 heavy (non-hydrogen) atoms. The molecule has 0 radical (unpaired) electrons. The zero-order valence-electron chi connectivity index (χ0n) is 14.7. The monoisotopic (exact) mass is 356 g/mol. The molecule has 1 atom stereocenters. The van der Waals surface area contributed by atoms with E-state index in [2.05, 4.69) is 32.3 Å². The average Bonchev–Trinajstić information content (AvgIpc) is 2.92. The van der Waals surface area contributed by atoms with E-state index >= 15 is 0 Å². The van der Waals surface area contributed by atoms with Crippen LogP contribution >= 0.6 is 0 Å². The number of hydrogen-bond acceptors (Lipinski definition) is 4. The van der Waals surface area contributed by atoms with Crippen molar-refractivity contribution in [2.75, 3.05) is 19.6 Å². The van der Waals surface area contributed by atoms with Crippen molar-refractivity contribution in [2.24, 2.45) is 0 Å². The lowest BCUT2D eigenvalue weighted by molar-refractivity contribution is 0.0931. The molecule has 7 nitrogen and oxygen atoms in total. The topological polar surface area (TPSA) is 98.1 Å². The molecule has 1 amide bonds. The Kier molecular flexibility index (Phi) is 6.01. The number of aromatic amines is 2.